The van der Waals surface area contributed by atoms with Crippen LogP contribution in [0.1, 0.15) is 30.8 Å². The van der Waals surface area contributed by atoms with Gasteiger partial charge in [0.2, 0.25) is 5.91 Å². The summed E-state index contributed by atoms with van der Waals surface area (Å²) in [6, 6.07) is 5.87. The molecule has 1 aliphatic heterocycles. The molecule has 0 N–H and O–H groups in total. The number of Topliss-reactive ketones (excluding diaryl/α,β-unsaturated/α-hetero) is 1. The van der Waals surface area contributed by atoms with E-state index in [0.717, 1.165) is 30.3 Å². The quantitative estimate of drug-likeness (QED) is 0.646. The Kier molecular flexibility index (Phi) is 4.77. The molecule has 144 valence electrons. The maximum atomic E-state index is 12.0. The van der Waals surface area contributed by atoms with Crippen molar-refractivity contribution in [3.05, 3.63) is 42.5 Å². The molecule has 0 saturated carbocycles. The van der Waals surface area contributed by atoms with Crippen molar-refractivity contribution in [2.75, 3.05) is 31.1 Å². The third-order valence-electron chi connectivity index (χ3n) is 5.05. The number of anilines is 1. The van der Waals surface area contributed by atoms with Crippen molar-refractivity contribution in [1.29, 1.82) is 0 Å². The molecule has 4 heterocycles. The smallest absolute Gasteiger partial charge is 0.219 e. The molecule has 3 aromatic heterocycles. The monoisotopic (exact) mass is 378 g/mol. The maximum Gasteiger partial charge on any atom is 0.219 e. The van der Waals surface area contributed by atoms with E-state index >= 15 is 0 Å². The number of ketones is 1. The Morgan fingerprint density at radius 1 is 1.07 bits per heavy atom. The number of carbonyl (C=O) groups is 2. The van der Waals surface area contributed by atoms with E-state index in [4.69, 9.17) is 4.98 Å². The van der Waals surface area contributed by atoms with Crippen LogP contribution in [0.4, 0.5) is 5.82 Å². The van der Waals surface area contributed by atoms with Crippen molar-refractivity contribution in [2.24, 2.45) is 0 Å². The van der Waals surface area contributed by atoms with Crippen LogP contribution in [0.2, 0.25) is 0 Å². The van der Waals surface area contributed by atoms with Gasteiger partial charge >= 0.3 is 0 Å². The zero-order valence-electron chi connectivity index (χ0n) is 16.0. The van der Waals surface area contributed by atoms with Gasteiger partial charge in [0.1, 0.15) is 11.5 Å². The average Bonchev–Trinajstić information content (AvgIpc) is 3.16. The van der Waals surface area contributed by atoms with Crippen molar-refractivity contribution in [3.63, 3.8) is 0 Å². The van der Waals surface area contributed by atoms with Crippen LogP contribution in [0.15, 0.2) is 36.8 Å². The summed E-state index contributed by atoms with van der Waals surface area (Å²) < 4.78 is 1.86. The van der Waals surface area contributed by atoms with Gasteiger partial charge in [-0.1, -0.05) is 13.0 Å². The average molecular weight is 378 g/mol. The highest BCUT2D eigenvalue weighted by Gasteiger charge is 2.20. The van der Waals surface area contributed by atoms with Gasteiger partial charge in [-0.3, -0.25) is 14.0 Å². The highest BCUT2D eigenvalue weighted by Crippen LogP contribution is 2.23. The minimum atomic E-state index is -0.00778. The normalized spacial score (nSPS) is 14.5. The highest BCUT2D eigenvalue weighted by atomic mass is 16.2. The molecular formula is C20H22N6O2. The number of piperazine rings is 1. The zero-order valence-corrected chi connectivity index (χ0v) is 16.0. The number of nitrogens with zero attached hydrogens (tertiary/aromatic N) is 6. The zero-order chi connectivity index (χ0) is 19.7. The van der Waals surface area contributed by atoms with Crippen molar-refractivity contribution in [3.8, 4) is 11.4 Å². The Hall–Kier alpha value is -3.29. The van der Waals surface area contributed by atoms with E-state index < -0.39 is 0 Å². The fraction of sp³-hybridized carbons (Fsp3) is 0.350. The summed E-state index contributed by atoms with van der Waals surface area (Å²) in [4.78, 5) is 41.0. The van der Waals surface area contributed by atoms with Gasteiger partial charge in [-0.2, -0.15) is 0 Å². The predicted octanol–water partition coefficient (Wildman–Crippen LogP) is 2.05. The van der Waals surface area contributed by atoms with Gasteiger partial charge in [0, 0.05) is 45.7 Å². The molecule has 8 heteroatoms. The number of pyridine rings is 1. The lowest BCUT2D eigenvalue weighted by atomic mass is 10.2. The van der Waals surface area contributed by atoms with Gasteiger partial charge in [-0.25, -0.2) is 15.0 Å². The second-order valence-corrected chi connectivity index (χ2v) is 6.80. The van der Waals surface area contributed by atoms with Crippen LogP contribution in [0.5, 0.6) is 0 Å². The minimum Gasteiger partial charge on any atom is -0.353 e. The van der Waals surface area contributed by atoms with Crippen LogP contribution in [0.3, 0.4) is 0 Å². The van der Waals surface area contributed by atoms with Gasteiger partial charge < -0.3 is 9.80 Å². The number of aromatic nitrogens is 4. The fourth-order valence-electron chi connectivity index (χ4n) is 3.40. The standard InChI is InChI=1S/C20H22N6O2/c1-3-18(28)16-13-26-17(11-22-20(26)12-21-16)15-5-4-6-19(23-15)25-9-7-24(8-10-25)14(2)27/h4-6,11-13H,3,7-10H2,1-2H3. The predicted molar refractivity (Wildman–Crippen MR) is 105 cm³/mol. The van der Waals surface area contributed by atoms with Gasteiger partial charge in [-0.15, -0.1) is 0 Å². The second kappa shape index (κ2) is 7.38. The third kappa shape index (κ3) is 3.33. The summed E-state index contributed by atoms with van der Waals surface area (Å²) in [6.07, 6.45) is 5.49. The third-order valence-corrected chi connectivity index (χ3v) is 5.05. The van der Waals surface area contributed by atoms with Gasteiger partial charge in [0.05, 0.1) is 23.8 Å². The number of imidazole rings is 1. The number of hydrogen-bond acceptors (Lipinski definition) is 6. The first kappa shape index (κ1) is 18.1. The first-order valence-electron chi connectivity index (χ1n) is 9.41. The first-order valence-corrected chi connectivity index (χ1v) is 9.41. The summed E-state index contributed by atoms with van der Waals surface area (Å²) in [5, 5.41) is 0. The van der Waals surface area contributed by atoms with E-state index in [-0.39, 0.29) is 11.7 Å². The lowest BCUT2D eigenvalue weighted by Gasteiger charge is -2.35. The van der Waals surface area contributed by atoms with E-state index in [1.54, 1.807) is 25.5 Å². The molecule has 0 spiro atoms. The summed E-state index contributed by atoms with van der Waals surface area (Å²) in [7, 11) is 0. The summed E-state index contributed by atoms with van der Waals surface area (Å²) in [6.45, 7) is 6.33. The largest absolute Gasteiger partial charge is 0.353 e. The van der Waals surface area contributed by atoms with Crippen LogP contribution in [0, 0.1) is 0 Å². The van der Waals surface area contributed by atoms with Crippen LogP contribution in [-0.4, -0.2) is 62.1 Å². The molecule has 0 aromatic carbocycles. The summed E-state index contributed by atoms with van der Waals surface area (Å²) in [5.74, 6) is 0.972. The Morgan fingerprint density at radius 2 is 1.86 bits per heavy atom. The molecule has 28 heavy (non-hydrogen) atoms. The van der Waals surface area contributed by atoms with Crippen LogP contribution in [-0.2, 0) is 4.79 Å². The van der Waals surface area contributed by atoms with Crippen molar-refractivity contribution in [1.82, 2.24) is 24.3 Å². The van der Waals surface area contributed by atoms with Crippen molar-refractivity contribution in [2.45, 2.75) is 20.3 Å². The molecule has 0 atom stereocenters. The summed E-state index contributed by atoms with van der Waals surface area (Å²) >= 11 is 0. The fourth-order valence-corrected chi connectivity index (χ4v) is 3.40. The lowest BCUT2D eigenvalue weighted by Crippen LogP contribution is -2.48. The van der Waals surface area contributed by atoms with E-state index in [1.165, 1.54) is 0 Å². The lowest BCUT2D eigenvalue weighted by molar-refractivity contribution is -0.129. The van der Waals surface area contributed by atoms with Crippen LogP contribution < -0.4 is 4.90 Å². The number of rotatable bonds is 4. The molecule has 3 aromatic rings. The summed E-state index contributed by atoms with van der Waals surface area (Å²) in [5.41, 5.74) is 2.68. The Morgan fingerprint density at radius 3 is 2.57 bits per heavy atom. The second-order valence-electron chi connectivity index (χ2n) is 6.80. The molecule has 0 unspecified atom stereocenters. The van der Waals surface area contributed by atoms with Crippen LogP contribution >= 0.6 is 0 Å². The van der Waals surface area contributed by atoms with Crippen LogP contribution in [0.25, 0.3) is 17.0 Å². The highest BCUT2D eigenvalue weighted by molar-refractivity contribution is 5.94. The Bertz CT molecular complexity index is 1040. The van der Waals surface area contributed by atoms with Crippen molar-refractivity contribution < 1.29 is 9.59 Å². The van der Waals surface area contributed by atoms with Gasteiger partial charge in [0.25, 0.3) is 0 Å². The van der Waals surface area contributed by atoms with Crippen molar-refractivity contribution >= 4 is 23.2 Å². The molecule has 4 rings (SSSR count). The molecule has 0 radical (unpaired) electrons. The topological polar surface area (TPSA) is 83.7 Å². The SMILES string of the molecule is CCC(=O)c1cn2c(-c3cccc(N4CCN(C(C)=O)CC4)n3)cnc2cn1. The number of carbonyl (C=O) groups excluding carboxylic acids is 2. The number of amides is 1. The molecule has 1 aliphatic rings. The minimum absolute atomic E-state index is 0.00778. The molecule has 1 amide bonds. The molecule has 1 saturated heterocycles. The molecular weight excluding hydrogens is 356 g/mol. The molecule has 1 fully saturated rings. The molecule has 0 aliphatic carbocycles. The van der Waals surface area contributed by atoms with E-state index in [1.807, 2.05) is 34.4 Å². The number of fused-ring (bicyclic) bond motifs is 1. The first-order chi connectivity index (χ1) is 13.6. The van der Waals surface area contributed by atoms with E-state index in [2.05, 4.69) is 14.9 Å². The Labute approximate surface area is 162 Å². The number of hydrogen-bond donors (Lipinski definition) is 0. The molecule has 8 nitrogen and oxygen atoms in total. The van der Waals surface area contributed by atoms with E-state index in [9.17, 15) is 9.59 Å². The Balaban J connectivity index is 1.65. The van der Waals surface area contributed by atoms with Gasteiger partial charge in [0.15, 0.2) is 11.4 Å². The molecule has 0 bridgehead atoms. The van der Waals surface area contributed by atoms with Gasteiger partial charge in [-0.05, 0) is 12.1 Å². The maximum absolute atomic E-state index is 12.0. The van der Waals surface area contributed by atoms with E-state index in [0.29, 0.717) is 30.9 Å².